The summed E-state index contributed by atoms with van der Waals surface area (Å²) in [6.07, 6.45) is 0. The fraction of sp³-hybridized carbons (Fsp3) is 0.231. The minimum atomic E-state index is -0.424. The fourth-order valence-electron chi connectivity index (χ4n) is 1.96. The fourth-order valence-corrected chi connectivity index (χ4v) is 1.96. The molecule has 2 rings (SSSR count). The number of nitrogen functional groups attached to an aromatic ring is 1. The number of nitrogens with zero attached hydrogens (tertiary/aromatic N) is 2. The molecule has 0 aliphatic rings. The van der Waals surface area contributed by atoms with Crippen LogP contribution in [0.25, 0.3) is 5.69 Å². The van der Waals surface area contributed by atoms with E-state index in [0.717, 1.165) is 22.6 Å². The molecule has 0 radical (unpaired) electrons. The SMILES string of the molecule is Cc1cc(-n2nc(C)c(N)c2C)ccc1C(N)=O. The highest BCUT2D eigenvalue weighted by molar-refractivity contribution is 5.94. The highest BCUT2D eigenvalue weighted by atomic mass is 16.1. The van der Waals surface area contributed by atoms with Crippen molar-refractivity contribution in [3.8, 4) is 5.69 Å². The Hall–Kier alpha value is -2.30. The van der Waals surface area contributed by atoms with Gasteiger partial charge in [0, 0.05) is 5.56 Å². The van der Waals surface area contributed by atoms with E-state index in [9.17, 15) is 4.79 Å². The van der Waals surface area contributed by atoms with Crippen LogP contribution in [0.2, 0.25) is 0 Å². The molecule has 0 bridgehead atoms. The number of nitrogens with two attached hydrogens (primary N) is 2. The number of anilines is 1. The highest BCUT2D eigenvalue weighted by Crippen LogP contribution is 2.21. The molecule has 0 spiro atoms. The normalized spacial score (nSPS) is 10.6. The van der Waals surface area contributed by atoms with Crippen LogP contribution in [-0.4, -0.2) is 15.7 Å². The summed E-state index contributed by atoms with van der Waals surface area (Å²) in [5.74, 6) is -0.424. The number of aromatic nitrogens is 2. The molecule has 0 aliphatic heterocycles. The molecule has 2 aromatic rings. The van der Waals surface area contributed by atoms with Gasteiger partial charge in [0.2, 0.25) is 5.91 Å². The third kappa shape index (κ3) is 1.84. The molecule has 5 heteroatoms. The third-order valence-corrected chi connectivity index (χ3v) is 3.07. The quantitative estimate of drug-likeness (QED) is 0.838. The molecular weight excluding hydrogens is 228 g/mol. The van der Waals surface area contributed by atoms with Crippen molar-refractivity contribution in [2.24, 2.45) is 5.73 Å². The number of benzene rings is 1. The summed E-state index contributed by atoms with van der Waals surface area (Å²) in [4.78, 5) is 11.2. The summed E-state index contributed by atoms with van der Waals surface area (Å²) in [5.41, 5.74) is 15.8. The van der Waals surface area contributed by atoms with Crippen LogP contribution in [0, 0.1) is 20.8 Å². The van der Waals surface area contributed by atoms with Gasteiger partial charge in [0.1, 0.15) is 0 Å². The molecule has 0 saturated carbocycles. The van der Waals surface area contributed by atoms with Crippen molar-refractivity contribution in [2.75, 3.05) is 5.73 Å². The first-order valence-corrected chi connectivity index (χ1v) is 5.64. The Morgan fingerprint density at radius 1 is 1.28 bits per heavy atom. The van der Waals surface area contributed by atoms with E-state index in [-0.39, 0.29) is 0 Å². The van der Waals surface area contributed by atoms with Crippen LogP contribution in [0.15, 0.2) is 18.2 Å². The van der Waals surface area contributed by atoms with Gasteiger partial charge in [0.15, 0.2) is 0 Å². The Morgan fingerprint density at radius 2 is 1.94 bits per heavy atom. The van der Waals surface area contributed by atoms with Crippen molar-refractivity contribution in [2.45, 2.75) is 20.8 Å². The van der Waals surface area contributed by atoms with E-state index in [0.29, 0.717) is 11.3 Å². The van der Waals surface area contributed by atoms with E-state index in [2.05, 4.69) is 5.10 Å². The first-order valence-electron chi connectivity index (χ1n) is 5.64. The molecule has 4 N–H and O–H groups in total. The van der Waals surface area contributed by atoms with Gasteiger partial charge in [-0.1, -0.05) is 0 Å². The van der Waals surface area contributed by atoms with E-state index in [1.54, 1.807) is 10.7 Å². The monoisotopic (exact) mass is 244 g/mol. The topological polar surface area (TPSA) is 86.9 Å². The zero-order chi connectivity index (χ0) is 13.4. The second-order valence-corrected chi connectivity index (χ2v) is 4.36. The number of carbonyl (C=O) groups excluding carboxylic acids is 1. The maximum Gasteiger partial charge on any atom is 0.248 e. The van der Waals surface area contributed by atoms with Crippen molar-refractivity contribution < 1.29 is 4.79 Å². The average molecular weight is 244 g/mol. The van der Waals surface area contributed by atoms with E-state index in [4.69, 9.17) is 11.5 Å². The lowest BCUT2D eigenvalue weighted by Crippen LogP contribution is -2.13. The van der Waals surface area contributed by atoms with Gasteiger partial charge in [0.05, 0.1) is 22.8 Å². The molecule has 5 nitrogen and oxygen atoms in total. The molecule has 1 aromatic heterocycles. The van der Waals surface area contributed by atoms with Gasteiger partial charge >= 0.3 is 0 Å². The van der Waals surface area contributed by atoms with Crippen molar-refractivity contribution in [3.63, 3.8) is 0 Å². The number of carbonyl (C=O) groups is 1. The second kappa shape index (κ2) is 4.18. The lowest BCUT2D eigenvalue weighted by Gasteiger charge is -2.08. The molecule has 0 aliphatic carbocycles. The van der Waals surface area contributed by atoms with Crippen LogP contribution >= 0.6 is 0 Å². The summed E-state index contributed by atoms with van der Waals surface area (Å²) < 4.78 is 1.77. The number of aryl methyl sites for hydroxylation is 2. The van der Waals surface area contributed by atoms with Crippen LogP contribution in [0.3, 0.4) is 0 Å². The highest BCUT2D eigenvalue weighted by Gasteiger charge is 2.11. The molecule has 1 aromatic carbocycles. The summed E-state index contributed by atoms with van der Waals surface area (Å²) >= 11 is 0. The standard InChI is InChI=1S/C13H16N4O/c1-7-6-10(4-5-11(7)13(15)18)17-9(3)12(14)8(2)16-17/h4-6H,14H2,1-3H3,(H2,15,18). The van der Waals surface area contributed by atoms with Crippen LogP contribution in [0.1, 0.15) is 27.3 Å². The average Bonchev–Trinajstić information content (AvgIpc) is 2.56. The maximum atomic E-state index is 11.2. The molecule has 18 heavy (non-hydrogen) atoms. The summed E-state index contributed by atoms with van der Waals surface area (Å²) in [6, 6.07) is 5.39. The predicted octanol–water partition coefficient (Wildman–Crippen LogP) is 1.48. The number of hydrogen-bond donors (Lipinski definition) is 2. The predicted molar refractivity (Wildman–Crippen MR) is 70.7 cm³/mol. The number of hydrogen-bond acceptors (Lipinski definition) is 3. The second-order valence-electron chi connectivity index (χ2n) is 4.36. The molecule has 0 fully saturated rings. The lowest BCUT2D eigenvalue weighted by atomic mass is 10.1. The Balaban J connectivity index is 2.55. The van der Waals surface area contributed by atoms with Gasteiger partial charge in [-0.2, -0.15) is 5.10 Å². The maximum absolute atomic E-state index is 11.2. The number of primary amides is 1. The number of amides is 1. The van der Waals surface area contributed by atoms with Crippen LogP contribution in [0.5, 0.6) is 0 Å². The van der Waals surface area contributed by atoms with Gasteiger partial charge in [-0.15, -0.1) is 0 Å². The molecule has 1 amide bonds. The lowest BCUT2D eigenvalue weighted by molar-refractivity contribution is 0.0999. The minimum Gasteiger partial charge on any atom is -0.396 e. The van der Waals surface area contributed by atoms with Crippen LogP contribution in [-0.2, 0) is 0 Å². The summed E-state index contributed by atoms with van der Waals surface area (Å²) in [7, 11) is 0. The Morgan fingerprint density at radius 3 is 2.39 bits per heavy atom. The summed E-state index contributed by atoms with van der Waals surface area (Å²) in [6.45, 7) is 5.62. The van der Waals surface area contributed by atoms with Gasteiger partial charge in [-0.25, -0.2) is 4.68 Å². The molecule has 0 unspecified atom stereocenters. The van der Waals surface area contributed by atoms with E-state index in [1.807, 2.05) is 32.9 Å². The van der Waals surface area contributed by atoms with Gasteiger partial charge < -0.3 is 11.5 Å². The largest absolute Gasteiger partial charge is 0.396 e. The van der Waals surface area contributed by atoms with E-state index in [1.165, 1.54) is 0 Å². The Bertz CT molecular complexity index is 628. The van der Waals surface area contributed by atoms with Gasteiger partial charge in [0.25, 0.3) is 0 Å². The van der Waals surface area contributed by atoms with E-state index >= 15 is 0 Å². The van der Waals surface area contributed by atoms with Crippen molar-refractivity contribution in [1.82, 2.24) is 9.78 Å². The first-order chi connectivity index (χ1) is 8.41. The minimum absolute atomic E-state index is 0.424. The summed E-state index contributed by atoms with van der Waals surface area (Å²) in [5, 5.41) is 4.37. The Kier molecular flexibility index (Phi) is 2.82. The Labute approximate surface area is 105 Å². The molecule has 0 atom stereocenters. The van der Waals surface area contributed by atoms with Crippen LogP contribution < -0.4 is 11.5 Å². The van der Waals surface area contributed by atoms with Crippen molar-refractivity contribution in [1.29, 1.82) is 0 Å². The van der Waals surface area contributed by atoms with Crippen molar-refractivity contribution in [3.05, 3.63) is 40.7 Å². The first kappa shape index (κ1) is 12.2. The zero-order valence-electron chi connectivity index (χ0n) is 10.7. The van der Waals surface area contributed by atoms with Crippen molar-refractivity contribution >= 4 is 11.6 Å². The van der Waals surface area contributed by atoms with Gasteiger partial charge in [-0.05, 0) is 44.5 Å². The molecular formula is C13H16N4O. The van der Waals surface area contributed by atoms with Gasteiger partial charge in [-0.3, -0.25) is 4.79 Å². The molecule has 1 heterocycles. The van der Waals surface area contributed by atoms with Crippen LogP contribution in [0.4, 0.5) is 5.69 Å². The smallest absolute Gasteiger partial charge is 0.248 e. The molecule has 94 valence electrons. The number of rotatable bonds is 2. The molecule has 0 saturated heterocycles. The van der Waals surface area contributed by atoms with E-state index < -0.39 is 5.91 Å². The third-order valence-electron chi connectivity index (χ3n) is 3.07. The zero-order valence-corrected chi connectivity index (χ0v) is 10.7.